The first kappa shape index (κ1) is 7.99. The van der Waals surface area contributed by atoms with E-state index in [1.807, 2.05) is 6.92 Å². The second-order valence-electron chi connectivity index (χ2n) is 3.65. The number of rotatable bonds is 0. The number of aliphatic hydroxyl groups is 1. The molecule has 0 heterocycles. The summed E-state index contributed by atoms with van der Waals surface area (Å²) in [4.78, 5) is 0. The summed E-state index contributed by atoms with van der Waals surface area (Å²) in [6, 6.07) is 0. The van der Waals surface area contributed by atoms with Gasteiger partial charge in [0.15, 0.2) is 0 Å². The van der Waals surface area contributed by atoms with Crippen LogP contribution in [0.1, 0.15) is 26.2 Å². The molecule has 0 spiro atoms. The van der Waals surface area contributed by atoms with E-state index in [1.54, 1.807) is 6.08 Å². The van der Waals surface area contributed by atoms with Crippen molar-refractivity contribution in [2.45, 2.75) is 32.3 Å². The molecule has 0 amide bonds. The highest BCUT2D eigenvalue weighted by Gasteiger charge is 2.32. The monoisotopic (exact) mass is 168 g/mol. The molecule has 0 aromatic carbocycles. The lowest BCUT2D eigenvalue weighted by Crippen LogP contribution is -2.12. The van der Waals surface area contributed by atoms with Crippen LogP contribution in [0, 0.1) is 5.92 Å². The van der Waals surface area contributed by atoms with Gasteiger partial charge in [0.05, 0.1) is 6.10 Å². The van der Waals surface area contributed by atoms with E-state index in [0.717, 1.165) is 24.0 Å². The Hall–Kier alpha value is -0.630. The molecule has 2 rings (SSSR count). The average Bonchev–Trinajstić information content (AvgIpc) is 2.32. The van der Waals surface area contributed by atoms with Gasteiger partial charge in [0.2, 0.25) is 0 Å². The fraction of sp³-hybridized carbons (Fsp3) is 0.600. The lowest BCUT2D eigenvalue weighted by atomic mass is 9.94. The zero-order valence-electron chi connectivity index (χ0n) is 7.18. The molecule has 12 heavy (non-hydrogen) atoms. The van der Waals surface area contributed by atoms with Gasteiger partial charge < -0.3 is 5.11 Å². The smallest absolute Gasteiger partial charge is 0.122 e. The van der Waals surface area contributed by atoms with Gasteiger partial charge in [-0.05, 0) is 24.5 Å². The summed E-state index contributed by atoms with van der Waals surface area (Å²) >= 11 is 0. The van der Waals surface area contributed by atoms with Gasteiger partial charge in [-0.3, -0.25) is 0 Å². The van der Waals surface area contributed by atoms with E-state index in [4.69, 9.17) is 0 Å². The second kappa shape index (κ2) is 2.70. The normalized spacial score (nSPS) is 35.1. The zero-order chi connectivity index (χ0) is 8.72. The first-order valence-corrected chi connectivity index (χ1v) is 4.46. The van der Waals surface area contributed by atoms with Crippen molar-refractivity contribution in [1.29, 1.82) is 0 Å². The Kier molecular flexibility index (Phi) is 1.80. The van der Waals surface area contributed by atoms with Crippen LogP contribution in [0.5, 0.6) is 0 Å². The van der Waals surface area contributed by atoms with E-state index in [1.165, 1.54) is 0 Å². The number of allylic oxidation sites excluding steroid dienone is 2. The summed E-state index contributed by atoms with van der Waals surface area (Å²) < 4.78 is 13.2. The lowest BCUT2D eigenvalue weighted by Gasteiger charge is -2.14. The van der Waals surface area contributed by atoms with E-state index < -0.39 is 0 Å². The molecule has 2 aliphatic rings. The van der Waals surface area contributed by atoms with Crippen LogP contribution in [-0.4, -0.2) is 11.2 Å². The highest BCUT2D eigenvalue weighted by molar-refractivity contribution is 5.40. The quantitative estimate of drug-likeness (QED) is 0.588. The summed E-state index contributed by atoms with van der Waals surface area (Å²) in [6.07, 6.45) is 3.51. The third-order valence-corrected chi connectivity index (χ3v) is 2.95. The summed E-state index contributed by atoms with van der Waals surface area (Å²) in [5, 5.41) is 9.51. The first-order valence-electron chi connectivity index (χ1n) is 4.46. The highest BCUT2D eigenvalue weighted by Crippen LogP contribution is 2.41. The minimum absolute atomic E-state index is 0.0975. The number of halogens is 1. The molecule has 2 heteroatoms. The third kappa shape index (κ3) is 1.02. The van der Waals surface area contributed by atoms with Gasteiger partial charge in [0, 0.05) is 12.3 Å². The molecule has 0 unspecified atom stereocenters. The van der Waals surface area contributed by atoms with Gasteiger partial charge in [0.25, 0.3) is 0 Å². The van der Waals surface area contributed by atoms with Gasteiger partial charge in [0.1, 0.15) is 5.83 Å². The van der Waals surface area contributed by atoms with Crippen molar-refractivity contribution in [3.05, 3.63) is 23.0 Å². The molecule has 0 saturated carbocycles. The van der Waals surface area contributed by atoms with Crippen molar-refractivity contribution < 1.29 is 9.50 Å². The van der Waals surface area contributed by atoms with Crippen molar-refractivity contribution >= 4 is 0 Å². The van der Waals surface area contributed by atoms with Crippen molar-refractivity contribution in [1.82, 2.24) is 0 Å². The van der Waals surface area contributed by atoms with Crippen LogP contribution >= 0.6 is 0 Å². The maximum absolute atomic E-state index is 13.2. The number of hydrogen-bond acceptors (Lipinski definition) is 1. The van der Waals surface area contributed by atoms with Crippen LogP contribution in [0.25, 0.3) is 0 Å². The zero-order valence-corrected chi connectivity index (χ0v) is 7.18. The van der Waals surface area contributed by atoms with Gasteiger partial charge in [-0.1, -0.05) is 12.5 Å². The highest BCUT2D eigenvalue weighted by atomic mass is 19.1. The van der Waals surface area contributed by atoms with Crippen molar-refractivity contribution in [2.24, 2.45) is 5.92 Å². The van der Waals surface area contributed by atoms with Gasteiger partial charge in [-0.15, -0.1) is 0 Å². The molecular weight excluding hydrogens is 155 g/mol. The molecule has 66 valence electrons. The molecule has 1 nitrogen and oxygen atoms in total. The fourth-order valence-corrected chi connectivity index (χ4v) is 2.13. The lowest BCUT2D eigenvalue weighted by molar-refractivity contribution is 0.145. The molecular formula is C10H13FO. The van der Waals surface area contributed by atoms with Gasteiger partial charge in [-0.2, -0.15) is 0 Å². The summed E-state index contributed by atoms with van der Waals surface area (Å²) in [5.74, 6) is 0.0686. The first-order chi connectivity index (χ1) is 5.70. The number of aliphatic hydroxyl groups excluding tert-OH is 1. The Bertz CT molecular complexity index is 265. The third-order valence-electron chi connectivity index (χ3n) is 2.95. The summed E-state index contributed by atoms with van der Waals surface area (Å²) in [6.45, 7) is 1.98. The Labute approximate surface area is 71.6 Å². The second-order valence-corrected chi connectivity index (χ2v) is 3.65. The fourth-order valence-electron chi connectivity index (χ4n) is 2.13. The minimum atomic E-state index is -0.354. The molecule has 2 aliphatic carbocycles. The maximum atomic E-state index is 13.2. The standard InChI is InChI=1S/C10H13FO/c1-6-7-3-2-4-9(11)8(7)5-10(6)12/h4,6,10,12H,2-3,5H2,1H3/t6-,10+/m0/s1. The maximum Gasteiger partial charge on any atom is 0.122 e. The van der Waals surface area contributed by atoms with Crippen LogP contribution in [0.2, 0.25) is 0 Å². The molecule has 0 aromatic heterocycles. The number of hydrogen-bond donors (Lipinski definition) is 1. The molecule has 0 aliphatic heterocycles. The Morgan fingerprint density at radius 3 is 3.00 bits per heavy atom. The molecule has 1 N–H and O–H groups in total. The topological polar surface area (TPSA) is 20.2 Å². The van der Waals surface area contributed by atoms with Gasteiger partial charge in [-0.25, -0.2) is 4.39 Å². The van der Waals surface area contributed by atoms with Crippen LogP contribution < -0.4 is 0 Å². The molecule has 0 radical (unpaired) electrons. The molecule has 0 aromatic rings. The molecule has 2 atom stereocenters. The van der Waals surface area contributed by atoms with Crippen LogP contribution in [-0.2, 0) is 0 Å². The van der Waals surface area contributed by atoms with E-state index in [9.17, 15) is 9.50 Å². The van der Waals surface area contributed by atoms with Gasteiger partial charge >= 0.3 is 0 Å². The van der Waals surface area contributed by atoms with Crippen LogP contribution in [0.3, 0.4) is 0 Å². The Morgan fingerprint density at radius 1 is 1.58 bits per heavy atom. The average molecular weight is 168 g/mol. The Morgan fingerprint density at radius 2 is 2.33 bits per heavy atom. The molecule has 0 saturated heterocycles. The predicted molar refractivity (Wildman–Crippen MR) is 45.2 cm³/mol. The van der Waals surface area contributed by atoms with Crippen LogP contribution in [0.15, 0.2) is 23.0 Å². The summed E-state index contributed by atoms with van der Waals surface area (Å²) in [5.41, 5.74) is 1.92. The van der Waals surface area contributed by atoms with Crippen molar-refractivity contribution in [3.63, 3.8) is 0 Å². The van der Waals surface area contributed by atoms with Crippen molar-refractivity contribution in [3.8, 4) is 0 Å². The van der Waals surface area contributed by atoms with E-state index in [2.05, 4.69) is 0 Å². The van der Waals surface area contributed by atoms with E-state index >= 15 is 0 Å². The van der Waals surface area contributed by atoms with Crippen LogP contribution in [0.4, 0.5) is 4.39 Å². The molecule has 0 bridgehead atoms. The largest absolute Gasteiger partial charge is 0.392 e. The SMILES string of the molecule is C[C@H]1C2=C(C[C@H]1O)C(F)=CCC2. The molecule has 0 fully saturated rings. The van der Waals surface area contributed by atoms with E-state index in [-0.39, 0.29) is 17.8 Å². The Balaban J connectivity index is 2.34. The predicted octanol–water partition coefficient (Wildman–Crippen LogP) is 2.33. The summed E-state index contributed by atoms with van der Waals surface area (Å²) in [7, 11) is 0. The van der Waals surface area contributed by atoms with E-state index in [0.29, 0.717) is 6.42 Å². The minimum Gasteiger partial charge on any atom is -0.392 e. The van der Waals surface area contributed by atoms with Crippen molar-refractivity contribution in [2.75, 3.05) is 0 Å².